The Morgan fingerprint density at radius 3 is 2.80 bits per heavy atom. The first kappa shape index (κ1) is 12.8. The summed E-state index contributed by atoms with van der Waals surface area (Å²) in [7, 11) is 0. The van der Waals surface area contributed by atoms with Gasteiger partial charge in [0.05, 0.1) is 15.1 Å². The highest BCUT2D eigenvalue weighted by molar-refractivity contribution is 7.21. The maximum Gasteiger partial charge on any atom is 0.270 e. The SMILES string of the molecule is Nc1ccc([N+](=O)[O-])cc1-c1nc2ccc(Cl)cc2s1. The Kier molecular flexibility index (Phi) is 3.04. The van der Waals surface area contributed by atoms with Gasteiger partial charge in [-0.05, 0) is 24.3 Å². The average molecular weight is 306 g/mol. The third-order valence-corrected chi connectivity index (χ3v) is 4.12. The molecule has 100 valence electrons. The molecule has 0 unspecified atom stereocenters. The molecule has 1 heterocycles. The van der Waals surface area contributed by atoms with Gasteiger partial charge < -0.3 is 5.73 Å². The fraction of sp³-hybridized carbons (Fsp3) is 0. The van der Waals surface area contributed by atoms with Crippen LogP contribution in [-0.4, -0.2) is 9.91 Å². The first-order valence-electron chi connectivity index (χ1n) is 5.65. The van der Waals surface area contributed by atoms with Gasteiger partial charge in [0.2, 0.25) is 0 Å². The first-order valence-corrected chi connectivity index (χ1v) is 6.84. The number of thiazole rings is 1. The number of nitrogens with zero attached hydrogens (tertiary/aromatic N) is 2. The minimum Gasteiger partial charge on any atom is -0.398 e. The third kappa shape index (κ3) is 2.19. The van der Waals surface area contributed by atoms with Crippen molar-refractivity contribution in [2.45, 2.75) is 0 Å². The van der Waals surface area contributed by atoms with Crippen LogP contribution in [0.1, 0.15) is 0 Å². The van der Waals surface area contributed by atoms with Crippen LogP contribution in [0.2, 0.25) is 5.02 Å². The fourth-order valence-electron chi connectivity index (χ4n) is 1.86. The summed E-state index contributed by atoms with van der Waals surface area (Å²) in [4.78, 5) is 14.8. The van der Waals surface area contributed by atoms with Gasteiger partial charge in [-0.25, -0.2) is 4.98 Å². The highest BCUT2D eigenvalue weighted by Crippen LogP contribution is 2.36. The van der Waals surface area contributed by atoms with Gasteiger partial charge in [0.1, 0.15) is 5.01 Å². The number of nitro benzene ring substituents is 1. The zero-order chi connectivity index (χ0) is 14.3. The molecule has 0 atom stereocenters. The van der Waals surface area contributed by atoms with Crippen molar-refractivity contribution in [2.24, 2.45) is 0 Å². The number of nitrogens with two attached hydrogens (primary N) is 1. The van der Waals surface area contributed by atoms with Crippen molar-refractivity contribution in [1.82, 2.24) is 4.98 Å². The van der Waals surface area contributed by atoms with E-state index in [0.717, 1.165) is 10.2 Å². The molecule has 0 spiro atoms. The molecule has 0 saturated heterocycles. The van der Waals surface area contributed by atoms with Gasteiger partial charge in [-0.15, -0.1) is 11.3 Å². The maximum atomic E-state index is 10.8. The second-order valence-electron chi connectivity index (χ2n) is 4.16. The van der Waals surface area contributed by atoms with Crippen molar-refractivity contribution < 1.29 is 4.92 Å². The summed E-state index contributed by atoms with van der Waals surface area (Å²) in [6.45, 7) is 0. The summed E-state index contributed by atoms with van der Waals surface area (Å²) in [6.07, 6.45) is 0. The number of nitro groups is 1. The standard InChI is InChI=1S/C13H8ClN3O2S/c14-7-1-4-11-12(5-7)20-13(16-11)9-6-8(17(18)19)2-3-10(9)15/h1-6H,15H2. The van der Waals surface area contributed by atoms with Crippen LogP contribution in [0.3, 0.4) is 0 Å². The lowest BCUT2D eigenvalue weighted by atomic mass is 10.1. The average Bonchev–Trinajstić information content (AvgIpc) is 2.81. The Balaban J connectivity index is 2.19. The predicted molar refractivity (Wildman–Crippen MR) is 81.1 cm³/mol. The van der Waals surface area contributed by atoms with E-state index in [1.54, 1.807) is 6.07 Å². The van der Waals surface area contributed by atoms with E-state index in [0.29, 0.717) is 21.3 Å². The largest absolute Gasteiger partial charge is 0.398 e. The molecule has 0 aliphatic rings. The Morgan fingerprint density at radius 2 is 2.05 bits per heavy atom. The number of aromatic nitrogens is 1. The Bertz CT molecular complexity index is 832. The molecule has 7 heteroatoms. The minimum absolute atomic E-state index is 0.00788. The highest BCUT2D eigenvalue weighted by atomic mass is 35.5. The molecule has 0 radical (unpaired) electrons. The van der Waals surface area contributed by atoms with Crippen molar-refractivity contribution in [3.8, 4) is 10.6 Å². The third-order valence-electron chi connectivity index (χ3n) is 2.83. The quantitative estimate of drug-likeness (QED) is 0.439. The lowest BCUT2D eigenvalue weighted by Crippen LogP contribution is -1.93. The van der Waals surface area contributed by atoms with Crippen molar-refractivity contribution in [3.63, 3.8) is 0 Å². The van der Waals surface area contributed by atoms with Crippen LogP contribution >= 0.6 is 22.9 Å². The van der Waals surface area contributed by atoms with E-state index in [4.69, 9.17) is 17.3 Å². The number of non-ortho nitro benzene ring substituents is 1. The second-order valence-corrected chi connectivity index (χ2v) is 5.63. The lowest BCUT2D eigenvalue weighted by Gasteiger charge is -2.01. The molecule has 0 bridgehead atoms. The molecule has 0 aliphatic carbocycles. The van der Waals surface area contributed by atoms with Crippen molar-refractivity contribution in [2.75, 3.05) is 5.73 Å². The molecule has 3 aromatic rings. The van der Waals surface area contributed by atoms with E-state index < -0.39 is 4.92 Å². The number of fused-ring (bicyclic) bond motifs is 1. The first-order chi connectivity index (χ1) is 9.54. The number of rotatable bonds is 2. The van der Waals surface area contributed by atoms with Crippen LogP contribution in [0.25, 0.3) is 20.8 Å². The number of hydrogen-bond donors (Lipinski definition) is 1. The Hall–Kier alpha value is -2.18. The van der Waals surface area contributed by atoms with E-state index in [9.17, 15) is 10.1 Å². The number of hydrogen-bond acceptors (Lipinski definition) is 5. The van der Waals surface area contributed by atoms with Gasteiger partial charge in [0.15, 0.2) is 0 Å². The lowest BCUT2D eigenvalue weighted by molar-refractivity contribution is -0.384. The van der Waals surface area contributed by atoms with Crippen LogP contribution < -0.4 is 5.73 Å². The zero-order valence-electron chi connectivity index (χ0n) is 10.0. The van der Waals surface area contributed by atoms with Crippen LogP contribution in [0, 0.1) is 10.1 Å². The molecule has 0 saturated carbocycles. The summed E-state index contributed by atoms with van der Waals surface area (Å²) >= 11 is 7.34. The van der Waals surface area contributed by atoms with E-state index in [1.165, 1.54) is 29.5 Å². The predicted octanol–water partition coefficient (Wildman–Crippen LogP) is 4.11. The molecular formula is C13H8ClN3O2S. The molecule has 1 aromatic heterocycles. The number of anilines is 1. The smallest absolute Gasteiger partial charge is 0.270 e. The summed E-state index contributed by atoms with van der Waals surface area (Å²) in [6, 6.07) is 9.71. The van der Waals surface area contributed by atoms with Crippen molar-refractivity contribution in [3.05, 3.63) is 51.5 Å². The van der Waals surface area contributed by atoms with E-state index in [-0.39, 0.29) is 5.69 Å². The molecular weight excluding hydrogens is 298 g/mol. The zero-order valence-corrected chi connectivity index (χ0v) is 11.6. The highest BCUT2D eigenvalue weighted by Gasteiger charge is 2.14. The van der Waals surface area contributed by atoms with Gasteiger partial charge in [0, 0.05) is 28.4 Å². The summed E-state index contributed by atoms with van der Waals surface area (Å²) in [5.41, 5.74) is 7.70. The Labute approximate surface area is 122 Å². The van der Waals surface area contributed by atoms with E-state index in [2.05, 4.69) is 4.98 Å². The van der Waals surface area contributed by atoms with Gasteiger partial charge in [-0.2, -0.15) is 0 Å². The topological polar surface area (TPSA) is 82.0 Å². The van der Waals surface area contributed by atoms with Crippen molar-refractivity contribution >= 4 is 44.5 Å². The molecule has 0 amide bonds. The van der Waals surface area contributed by atoms with Crippen LogP contribution in [-0.2, 0) is 0 Å². The van der Waals surface area contributed by atoms with Gasteiger partial charge >= 0.3 is 0 Å². The molecule has 0 aliphatic heterocycles. The number of benzene rings is 2. The summed E-state index contributed by atoms with van der Waals surface area (Å²) in [5.74, 6) is 0. The van der Waals surface area contributed by atoms with Crippen LogP contribution in [0.15, 0.2) is 36.4 Å². The van der Waals surface area contributed by atoms with Crippen LogP contribution in [0.4, 0.5) is 11.4 Å². The monoisotopic (exact) mass is 305 g/mol. The van der Waals surface area contributed by atoms with Gasteiger partial charge in [0.25, 0.3) is 5.69 Å². The second kappa shape index (κ2) is 4.73. The normalized spacial score (nSPS) is 10.8. The summed E-state index contributed by atoms with van der Waals surface area (Å²) < 4.78 is 0.915. The molecule has 0 fully saturated rings. The molecule has 2 aromatic carbocycles. The number of nitrogen functional groups attached to an aromatic ring is 1. The minimum atomic E-state index is -0.451. The van der Waals surface area contributed by atoms with Gasteiger partial charge in [-0.3, -0.25) is 10.1 Å². The van der Waals surface area contributed by atoms with E-state index >= 15 is 0 Å². The maximum absolute atomic E-state index is 10.8. The van der Waals surface area contributed by atoms with Crippen molar-refractivity contribution in [1.29, 1.82) is 0 Å². The molecule has 5 nitrogen and oxygen atoms in total. The van der Waals surface area contributed by atoms with Gasteiger partial charge in [-0.1, -0.05) is 11.6 Å². The fourth-order valence-corrected chi connectivity index (χ4v) is 3.14. The molecule has 20 heavy (non-hydrogen) atoms. The number of halogens is 1. The molecule has 2 N–H and O–H groups in total. The molecule has 3 rings (SSSR count). The summed E-state index contributed by atoms with van der Waals surface area (Å²) in [5, 5.41) is 12.1. The van der Waals surface area contributed by atoms with Crippen LogP contribution in [0.5, 0.6) is 0 Å². The Morgan fingerprint density at radius 1 is 1.25 bits per heavy atom. The van der Waals surface area contributed by atoms with E-state index in [1.807, 2.05) is 12.1 Å².